The minimum Gasteiger partial charge on any atom is -0.357 e. The average molecular weight is 373 g/mol. The average Bonchev–Trinajstić information content (AvgIpc) is 3.16. The van der Waals surface area contributed by atoms with Crippen molar-refractivity contribution >= 4 is 23.2 Å². The zero-order valence-electron chi connectivity index (χ0n) is 15.5. The number of carbonyl (C=O) groups is 1. The molecule has 0 aliphatic rings. The maximum Gasteiger partial charge on any atom is 0.242 e. The molecule has 0 aliphatic heterocycles. The van der Waals surface area contributed by atoms with Crippen LogP contribution in [-0.4, -0.2) is 31.5 Å². The third-order valence-corrected chi connectivity index (χ3v) is 4.70. The van der Waals surface area contributed by atoms with Crippen molar-refractivity contribution in [1.82, 2.24) is 16.0 Å². The molecule has 1 aromatic carbocycles. The van der Waals surface area contributed by atoms with Crippen molar-refractivity contribution in [3.05, 3.63) is 58.3 Å². The number of thiophene rings is 1. The smallest absolute Gasteiger partial charge is 0.242 e. The molecule has 1 heterocycles. The topological polar surface area (TPSA) is 65.5 Å². The fraction of sp³-hybridized carbons (Fsp3) is 0.400. The molecule has 26 heavy (non-hydrogen) atoms. The van der Waals surface area contributed by atoms with Gasteiger partial charge in [0, 0.05) is 24.5 Å². The second-order valence-electron chi connectivity index (χ2n) is 6.23. The predicted octanol–water partition coefficient (Wildman–Crippen LogP) is 2.80. The Balaban J connectivity index is 1.74. The molecular weight excluding hydrogens is 344 g/mol. The van der Waals surface area contributed by atoms with Gasteiger partial charge < -0.3 is 16.0 Å². The first-order valence-corrected chi connectivity index (χ1v) is 9.90. The lowest BCUT2D eigenvalue weighted by atomic mass is 10.1. The van der Waals surface area contributed by atoms with Gasteiger partial charge in [0.15, 0.2) is 5.96 Å². The third-order valence-electron chi connectivity index (χ3n) is 3.81. The molecule has 0 bridgehead atoms. The molecule has 6 heteroatoms. The number of amides is 1. The number of aliphatic imine (C=N–C) groups is 1. The Morgan fingerprint density at radius 1 is 1.12 bits per heavy atom. The molecular formula is C20H28N4OS. The van der Waals surface area contributed by atoms with Crippen LogP contribution in [0.1, 0.15) is 24.3 Å². The van der Waals surface area contributed by atoms with Gasteiger partial charge in [0.05, 0.1) is 0 Å². The zero-order chi connectivity index (χ0) is 18.6. The molecule has 0 saturated heterocycles. The second-order valence-corrected chi connectivity index (χ2v) is 7.26. The van der Waals surface area contributed by atoms with Gasteiger partial charge >= 0.3 is 0 Å². The Labute approximate surface area is 159 Å². The number of nitrogens with one attached hydrogen (secondary N) is 3. The van der Waals surface area contributed by atoms with Crippen molar-refractivity contribution in [2.24, 2.45) is 10.9 Å². The Morgan fingerprint density at radius 3 is 2.62 bits per heavy atom. The molecule has 5 nitrogen and oxygen atoms in total. The van der Waals surface area contributed by atoms with Gasteiger partial charge in [-0.3, -0.25) is 4.79 Å². The molecule has 0 fully saturated rings. The lowest BCUT2D eigenvalue weighted by molar-refractivity contribution is -0.119. The van der Waals surface area contributed by atoms with Crippen LogP contribution in [0.5, 0.6) is 0 Å². The van der Waals surface area contributed by atoms with E-state index in [0.717, 1.165) is 25.1 Å². The summed E-state index contributed by atoms with van der Waals surface area (Å²) in [5, 5.41) is 11.5. The quantitative estimate of drug-likeness (QED) is 0.468. The van der Waals surface area contributed by atoms with Crippen LogP contribution in [0.2, 0.25) is 0 Å². The van der Waals surface area contributed by atoms with Crippen molar-refractivity contribution < 1.29 is 4.79 Å². The third kappa shape index (κ3) is 7.70. The van der Waals surface area contributed by atoms with E-state index in [1.165, 1.54) is 4.88 Å². The molecule has 0 saturated carbocycles. The van der Waals surface area contributed by atoms with Crippen molar-refractivity contribution in [2.75, 3.05) is 19.6 Å². The summed E-state index contributed by atoms with van der Waals surface area (Å²) in [7, 11) is 0. The van der Waals surface area contributed by atoms with E-state index in [-0.39, 0.29) is 12.5 Å². The molecule has 0 radical (unpaired) electrons. The number of hydrogen-bond donors (Lipinski definition) is 3. The number of nitrogens with zero attached hydrogens (tertiary/aromatic N) is 1. The molecule has 0 spiro atoms. The first kappa shape index (κ1) is 20.0. The van der Waals surface area contributed by atoms with Crippen molar-refractivity contribution in [3.8, 4) is 0 Å². The molecule has 140 valence electrons. The van der Waals surface area contributed by atoms with Crippen LogP contribution in [-0.2, 0) is 17.8 Å². The molecule has 3 N–H and O–H groups in total. The fourth-order valence-electron chi connectivity index (χ4n) is 2.46. The molecule has 1 atom stereocenters. The molecule has 1 aromatic heterocycles. The molecule has 0 aliphatic carbocycles. The first-order valence-electron chi connectivity index (χ1n) is 9.02. The minimum atomic E-state index is -0.0855. The van der Waals surface area contributed by atoms with Crippen LogP contribution in [0.4, 0.5) is 0 Å². The zero-order valence-corrected chi connectivity index (χ0v) is 16.3. The number of guanidine groups is 1. The first-order chi connectivity index (χ1) is 12.7. The van der Waals surface area contributed by atoms with E-state index in [1.807, 2.05) is 37.3 Å². The summed E-state index contributed by atoms with van der Waals surface area (Å²) in [6.45, 7) is 6.44. The normalized spacial score (nSPS) is 12.5. The monoisotopic (exact) mass is 372 g/mol. The maximum absolute atomic E-state index is 12.0. The second kappa shape index (κ2) is 11.3. The number of benzene rings is 1. The molecule has 2 aromatic rings. The summed E-state index contributed by atoms with van der Waals surface area (Å²) >= 11 is 1.79. The summed E-state index contributed by atoms with van der Waals surface area (Å²) in [6.07, 6.45) is 1.04. The van der Waals surface area contributed by atoms with Crippen LogP contribution in [0.3, 0.4) is 0 Å². The van der Waals surface area contributed by atoms with Crippen LogP contribution >= 0.6 is 11.3 Å². The summed E-state index contributed by atoms with van der Waals surface area (Å²) in [6, 6.07) is 14.1. The Bertz CT molecular complexity index is 670. The molecule has 1 amide bonds. The van der Waals surface area contributed by atoms with Crippen LogP contribution < -0.4 is 16.0 Å². The van der Waals surface area contributed by atoms with Gasteiger partial charge in [-0.1, -0.05) is 43.3 Å². The van der Waals surface area contributed by atoms with E-state index in [1.54, 1.807) is 11.3 Å². The van der Waals surface area contributed by atoms with Gasteiger partial charge in [0.25, 0.3) is 0 Å². The van der Waals surface area contributed by atoms with Crippen molar-refractivity contribution in [3.63, 3.8) is 0 Å². The van der Waals surface area contributed by atoms with E-state index in [2.05, 4.69) is 45.4 Å². The van der Waals surface area contributed by atoms with Gasteiger partial charge in [-0.2, -0.15) is 0 Å². The van der Waals surface area contributed by atoms with E-state index < -0.39 is 0 Å². The van der Waals surface area contributed by atoms with Gasteiger partial charge in [-0.15, -0.1) is 11.3 Å². The van der Waals surface area contributed by atoms with E-state index in [4.69, 9.17) is 0 Å². The number of rotatable bonds is 9. The highest BCUT2D eigenvalue weighted by molar-refractivity contribution is 7.09. The fourth-order valence-corrected chi connectivity index (χ4v) is 3.33. The van der Waals surface area contributed by atoms with Crippen molar-refractivity contribution in [2.45, 2.75) is 26.8 Å². The van der Waals surface area contributed by atoms with Crippen LogP contribution in [0.15, 0.2) is 52.8 Å². The highest BCUT2D eigenvalue weighted by atomic mass is 32.1. The lowest BCUT2D eigenvalue weighted by Crippen LogP contribution is -2.40. The number of hydrogen-bond acceptors (Lipinski definition) is 3. The standard InChI is InChI=1S/C20H28N4OS/c1-3-21-20(23-13-16(2)12-18-10-7-11-26-18)24-15-19(25)22-14-17-8-5-4-6-9-17/h4-11,16H,3,12-15H2,1-2H3,(H,22,25)(H2,21,23,24). The minimum absolute atomic E-state index is 0.0855. The molecule has 2 rings (SSSR count). The highest BCUT2D eigenvalue weighted by Gasteiger charge is 2.07. The SMILES string of the molecule is CCNC(=NCC(=O)NCc1ccccc1)NCC(C)Cc1cccs1. The van der Waals surface area contributed by atoms with E-state index in [9.17, 15) is 4.79 Å². The van der Waals surface area contributed by atoms with Crippen LogP contribution in [0.25, 0.3) is 0 Å². The van der Waals surface area contributed by atoms with Gasteiger partial charge in [-0.05, 0) is 36.3 Å². The summed E-state index contributed by atoms with van der Waals surface area (Å²) in [5.41, 5.74) is 1.08. The van der Waals surface area contributed by atoms with Gasteiger partial charge in [0.2, 0.25) is 5.91 Å². The lowest BCUT2D eigenvalue weighted by Gasteiger charge is -2.15. The summed E-state index contributed by atoms with van der Waals surface area (Å²) in [4.78, 5) is 17.8. The van der Waals surface area contributed by atoms with E-state index in [0.29, 0.717) is 18.4 Å². The van der Waals surface area contributed by atoms with Crippen molar-refractivity contribution in [1.29, 1.82) is 0 Å². The highest BCUT2D eigenvalue weighted by Crippen LogP contribution is 2.13. The summed E-state index contributed by atoms with van der Waals surface area (Å²) < 4.78 is 0. The Morgan fingerprint density at radius 2 is 1.92 bits per heavy atom. The summed E-state index contributed by atoms with van der Waals surface area (Å²) in [5.74, 6) is 1.09. The van der Waals surface area contributed by atoms with E-state index >= 15 is 0 Å². The Kier molecular flexibility index (Phi) is 8.69. The number of carbonyl (C=O) groups excluding carboxylic acids is 1. The predicted molar refractivity (Wildman–Crippen MR) is 109 cm³/mol. The molecule has 1 unspecified atom stereocenters. The Hall–Kier alpha value is -2.34. The maximum atomic E-state index is 12.0. The largest absolute Gasteiger partial charge is 0.357 e. The van der Waals surface area contributed by atoms with Crippen LogP contribution in [0, 0.1) is 5.92 Å². The van der Waals surface area contributed by atoms with Gasteiger partial charge in [-0.25, -0.2) is 4.99 Å². The van der Waals surface area contributed by atoms with Gasteiger partial charge in [0.1, 0.15) is 6.54 Å².